The highest BCUT2D eigenvalue weighted by Crippen LogP contribution is 2.44. The lowest BCUT2D eigenvalue weighted by atomic mass is 9.83. The summed E-state index contributed by atoms with van der Waals surface area (Å²) >= 11 is 0. The van der Waals surface area contributed by atoms with E-state index in [9.17, 15) is 0 Å². The molecule has 2 heterocycles. The Morgan fingerprint density at radius 1 is 0.418 bits per heavy atom. The highest BCUT2D eigenvalue weighted by Gasteiger charge is 2.30. The number of rotatable bonds is 5. The molecule has 2 aromatic heterocycles. The fraction of sp³-hybridized carbons (Fsp3) is 0.0392. The summed E-state index contributed by atoms with van der Waals surface area (Å²) in [6, 6.07) is 61.9. The quantitative estimate of drug-likeness (QED) is 0.167. The van der Waals surface area contributed by atoms with Gasteiger partial charge in [-0.05, 0) is 55.1 Å². The average Bonchev–Trinajstić information content (AvgIpc) is 3.65. The molecular formula is C51H33N3O. The van der Waals surface area contributed by atoms with Crippen molar-refractivity contribution in [1.29, 1.82) is 0 Å². The maximum Gasteiger partial charge on any atom is 0.164 e. The van der Waals surface area contributed by atoms with Crippen molar-refractivity contribution in [3.63, 3.8) is 0 Å². The molecule has 0 N–H and O–H groups in total. The van der Waals surface area contributed by atoms with Crippen molar-refractivity contribution in [3.8, 4) is 33.9 Å². The first-order valence-electron chi connectivity index (χ1n) is 18.8. The molecular weight excluding hydrogens is 671 g/mol. The number of para-hydroxylation sites is 1. The highest BCUT2D eigenvalue weighted by atomic mass is 16.3. The molecule has 0 aliphatic heterocycles. The normalized spacial score (nSPS) is 14.0. The lowest BCUT2D eigenvalue weighted by Crippen LogP contribution is -2.11. The summed E-state index contributed by atoms with van der Waals surface area (Å²) in [7, 11) is 0. The maximum absolute atomic E-state index is 6.58. The third kappa shape index (κ3) is 5.25. The van der Waals surface area contributed by atoms with Crippen LogP contribution in [0.4, 0.5) is 0 Å². The molecule has 0 spiro atoms. The van der Waals surface area contributed by atoms with E-state index in [2.05, 4.69) is 152 Å². The van der Waals surface area contributed by atoms with Gasteiger partial charge in [0.15, 0.2) is 17.5 Å². The Bertz CT molecular complexity index is 3130. The van der Waals surface area contributed by atoms with Gasteiger partial charge in [-0.1, -0.05) is 176 Å². The molecule has 0 fully saturated rings. The second-order valence-corrected chi connectivity index (χ2v) is 14.3. The predicted octanol–water partition coefficient (Wildman–Crippen LogP) is 12.8. The number of allylic oxidation sites excluding steroid dienone is 1. The summed E-state index contributed by atoms with van der Waals surface area (Å²) in [4.78, 5) is 15.9. The van der Waals surface area contributed by atoms with E-state index in [0.29, 0.717) is 17.5 Å². The first-order chi connectivity index (χ1) is 27.3. The monoisotopic (exact) mass is 703 g/mol. The summed E-state index contributed by atoms with van der Waals surface area (Å²) < 4.78 is 6.58. The van der Waals surface area contributed by atoms with Gasteiger partial charge in [-0.15, -0.1) is 0 Å². The molecule has 1 aliphatic rings. The van der Waals surface area contributed by atoms with Crippen LogP contribution >= 0.6 is 0 Å². The van der Waals surface area contributed by atoms with Gasteiger partial charge in [0.05, 0.1) is 0 Å². The van der Waals surface area contributed by atoms with E-state index >= 15 is 0 Å². The number of hydrogen-bond acceptors (Lipinski definition) is 4. The molecule has 10 aromatic rings. The molecule has 8 aromatic carbocycles. The van der Waals surface area contributed by atoms with Crippen LogP contribution in [0.2, 0.25) is 0 Å². The van der Waals surface area contributed by atoms with Gasteiger partial charge in [0.2, 0.25) is 0 Å². The van der Waals surface area contributed by atoms with Crippen molar-refractivity contribution >= 4 is 48.9 Å². The number of nitrogens with zero attached hydrogens (tertiary/aromatic N) is 3. The van der Waals surface area contributed by atoms with Crippen LogP contribution in [0.15, 0.2) is 186 Å². The molecule has 1 unspecified atom stereocenters. The first-order valence-corrected chi connectivity index (χ1v) is 18.8. The van der Waals surface area contributed by atoms with Gasteiger partial charge in [0.25, 0.3) is 0 Å². The molecule has 0 saturated heterocycles. The van der Waals surface area contributed by atoms with Gasteiger partial charge >= 0.3 is 0 Å². The number of fused-ring (bicyclic) bond motifs is 8. The van der Waals surface area contributed by atoms with Crippen molar-refractivity contribution in [2.24, 2.45) is 0 Å². The topological polar surface area (TPSA) is 51.8 Å². The second kappa shape index (κ2) is 12.8. The van der Waals surface area contributed by atoms with Gasteiger partial charge in [0, 0.05) is 40.0 Å². The summed E-state index contributed by atoms with van der Waals surface area (Å²) in [5, 5.41) is 8.47. The van der Waals surface area contributed by atoms with Gasteiger partial charge < -0.3 is 4.42 Å². The van der Waals surface area contributed by atoms with E-state index < -0.39 is 0 Å². The summed E-state index contributed by atoms with van der Waals surface area (Å²) in [5.74, 6) is 2.93. The van der Waals surface area contributed by atoms with Gasteiger partial charge in [0.1, 0.15) is 11.3 Å². The van der Waals surface area contributed by atoms with Crippen molar-refractivity contribution in [2.45, 2.75) is 12.3 Å². The zero-order chi connectivity index (χ0) is 36.3. The van der Waals surface area contributed by atoms with E-state index in [4.69, 9.17) is 19.4 Å². The highest BCUT2D eigenvalue weighted by molar-refractivity contribution is 6.19. The van der Waals surface area contributed by atoms with E-state index in [1.807, 2.05) is 30.3 Å². The Balaban J connectivity index is 1.14. The minimum absolute atomic E-state index is 0.0968. The largest absolute Gasteiger partial charge is 0.460 e. The molecule has 0 radical (unpaired) electrons. The molecule has 1 aliphatic carbocycles. The van der Waals surface area contributed by atoms with Gasteiger partial charge in [-0.25, -0.2) is 15.0 Å². The van der Waals surface area contributed by atoms with Crippen LogP contribution in [-0.4, -0.2) is 15.0 Å². The Hall–Kier alpha value is -7.17. The van der Waals surface area contributed by atoms with Crippen LogP contribution < -0.4 is 0 Å². The smallest absolute Gasteiger partial charge is 0.164 e. The molecule has 1 atom stereocenters. The number of furan rings is 1. The van der Waals surface area contributed by atoms with Crippen LogP contribution in [0.25, 0.3) is 82.8 Å². The lowest BCUT2D eigenvalue weighted by molar-refractivity contribution is 0.531. The van der Waals surface area contributed by atoms with E-state index in [1.165, 1.54) is 37.9 Å². The zero-order valence-electron chi connectivity index (χ0n) is 29.9. The van der Waals surface area contributed by atoms with Gasteiger partial charge in [-0.2, -0.15) is 0 Å². The fourth-order valence-corrected chi connectivity index (χ4v) is 8.52. The fourth-order valence-electron chi connectivity index (χ4n) is 8.52. The molecule has 4 heteroatoms. The molecule has 11 rings (SSSR count). The summed E-state index contributed by atoms with van der Waals surface area (Å²) in [6.07, 6.45) is 3.09. The molecule has 4 nitrogen and oxygen atoms in total. The molecule has 0 saturated carbocycles. The predicted molar refractivity (Wildman–Crippen MR) is 225 cm³/mol. The second-order valence-electron chi connectivity index (χ2n) is 14.3. The Kier molecular flexibility index (Phi) is 7.27. The summed E-state index contributed by atoms with van der Waals surface area (Å²) in [5.41, 5.74) is 8.19. The number of benzene rings is 8. The number of hydrogen-bond donors (Lipinski definition) is 0. The van der Waals surface area contributed by atoms with Crippen LogP contribution in [0.1, 0.15) is 28.6 Å². The molecule has 55 heavy (non-hydrogen) atoms. The van der Waals surface area contributed by atoms with Crippen LogP contribution in [-0.2, 0) is 6.42 Å². The third-order valence-electron chi connectivity index (χ3n) is 11.1. The van der Waals surface area contributed by atoms with Crippen molar-refractivity contribution in [1.82, 2.24) is 15.0 Å². The van der Waals surface area contributed by atoms with Crippen LogP contribution in [0.3, 0.4) is 0 Å². The molecule has 0 amide bonds. The number of aromatic nitrogens is 3. The van der Waals surface area contributed by atoms with Gasteiger partial charge in [-0.3, -0.25) is 0 Å². The Morgan fingerprint density at radius 2 is 1.02 bits per heavy atom. The van der Waals surface area contributed by atoms with Crippen LogP contribution in [0.5, 0.6) is 0 Å². The minimum Gasteiger partial charge on any atom is -0.460 e. The molecule has 0 bridgehead atoms. The standard InChI is InChI=1S/C51H33N3O/c1-3-14-32(15-4-1)35-30-45(48-44-22-11-12-25-46(44)55-47(48)31-35)51-53-49(34-17-5-2-6-18-34)52-50(54-51)43-21-10-9-20-39(43)37-23-13-24-38-41-27-26-33-16-7-8-19-36(33)40(41)28-29-42(37)38/h1-30,35H,31H2. The summed E-state index contributed by atoms with van der Waals surface area (Å²) in [6.45, 7) is 0. The zero-order valence-corrected chi connectivity index (χ0v) is 29.9. The Labute approximate surface area is 318 Å². The SMILES string of the molecule is C1=C(c2nc(-c3ccccc3)nc(-c3ccccc3-c3cccc4c3ccc3c5ccccc5ccc43)n2)c2c(oc3ccccc23)CC1c1ccccc1. The van der Waals surface area contributed by atoms with Crippen molar-refractivity contribution < 1.29 is 4.42 Å². The molecule has 258 valence electrons. The lowest BCUT2D eigenvalue weighted by Gasteiger charge is -2.21. The van der Waals surface area contributed by atoms with Crippen molar-refractivity contribution in [2.75, 3.05) is 0 Å². The average molecular weight is 704 g/mol. The van der Waals surface area contributed by atoms with E-state index in [-0.39, 0.29) is 5.92 Å². The van der Waals surface area contributed by atoms with E-state index in [1.54, 1.807) is 0 Å². The van der Waals surface area contributed by atoms with Crippen molar-refractivity contribution in [3.05, 3.63) is 205 Å². The minimum atomic E-state index is 0.0968. The third-order valence-corrected chi connectivity index (χ3v) is 11.1. The van der Waals surface area contributed by atoms with E-state index in [0.717, 1.165) is 56.5 Å². The Morgan fingerprint density at radius 3 is 1.89 bits per heavy atom. The van der Waals surface area contributed by atoms with Crippen LogP contribution in [0, 0.1) is 0 Å². The first kappa shape index (κ1) is 31.4. The maximum atomic E-state index is 6.58.